The van der Waals surface area contributed by atoms with Crippen LogP contribution in [0.4, 0.5) is 0 Å². The summed E-state index contributed by atoms with van der Waals surface area (Å²) in [5.41, 5.74) is 0. The second-order valence-electron chi connectivity index (χ2n) is 14.3. The van der Waals surface area contributed by atoms with Crippen LogP contribution in [0.3, 0.4) is 0 Å². The second kappa shape index (κ2) is 8.93. The van der Waals surface area contributed by atoms with Crippen LogP contribution in [0.1, 0.15) is 0 Å². The third-order valence-corrected chi connectivity index (χ3v) is 58.8. The van der Waals surface area contributed by atoms with Crippen LogP contribution in [0, 0.1) is 0 Å². The van der Waals surface area contributed by atoms with Gasteiger partial charge in [-0.1, -0.05) is 0 Å². The minimum atomic E-state index is -1.85. The third kappa shape index (κ3) is 8.01. The van der Waals surface area contributed by atoms with E-state index in [0.717, 1.165) is 0 Å². The van der Waals surface area contributed by atoms with E-state index in [1.807, 2.05) is 0 Å². The molecule has 0 amide bonds. The van der Waals surface area contributed by atoms with Crippen LogP contribution in [0.5, 0.6) is 0 Å². The van der Waals surface area contributed by atoms with Gasteiger partial charge in [-0.15, -0.1) is 0 Å². The normalized spacial score (nSPS) is 16.1. The second-order valence-corrected chi connectivity index (χ2v) is 54.1. The van der Waals surface area contributed by atoms with E-state index in [2.05, 4.69) is 127 Å². The van der Waals surface area contributed by atoms with Gasteiger partial charge in [0.05, 0.1) is 0 Å². The summed E-state index contributed by atoms with van der Waals surface area (Å²) in [5.74, 6) is 0. The fraction of sp³-hybridized carbons (Fsp3) is 1.00. The van der Waals surface area contributed by atoms with Gasteiger partial charge >= 0.3 is 192 Å². The van der Waals surface area contributed by atoms with Gasteiger partial charge in [0.25, 0.3) is 0 Å². The molecule has 0 aliphatic carbocycles. The molecule has 169 valence electrons. The first kappa shape index (κ1) is 29.7. The molecule has 0 saturated carbocycles. The average Bonchev–Trinajstić information content (AvgIpc) is 2.13. The van der Waals surface area contributed by atoms with Crippen molar-refractivity contribution in [2.45, 2.75) is 118 Å². The van der Waals surface area contributed by atoms with Crippen LogP contribution < -0.4 is 0 Å². The van der Waals surface area contributed by atoms with Crippen LogP contribution in [-0.2, 0) is 0 Å². The standard InChI is InChI=1S/C18H54GeN3Si6/c1-23(2,3)20(24(4,5)6)19(21(25(7,8)9)26(10,11)12)22(27(13,14)15)28(16,17)18/h1-18H3. The van der Waals surface area contributed by atoms with E-state index in [9.17, 15) is 0 Å². The Morgan fingerprint density at radius 1 is 0.286 bits per heavy atom. The molecule has 0 saturated heterocycles. The van der Waals surface area contributed by atoms with Crippen LogP contribution in [0.2, 0.25) is 118 Å². The predicted molar refractivity (Wildman–Crippen MR) is 151 cm³/mol. The monoisotopic (exact) mass is 554 g/mol. The molecule has 0 aliphatic rings. The summed E-state index contributed by atoms with van der Waals surface area (Å²) >= 11 is -1.85. The predicted octanol–water partition coefficient (Wildman–Crippen LogP) is 6.89. The Kier molecular flexibility index (Phi) is 9.48. The summed E-state index contributed by atoms with van der Waals surface area (Å²) in [4.78, 5) is 0. The van der Waals surface area contributed by atoms with Crippen molar-refractivity contribution in [3.05, 3.63) is 0 Å². The van der Waals surface area contributed by atoms with Crippen molar-refractivity contribution in [2.24, 2.45) is 0 Å². The molecule has 10 heteroatoms. The molecule has 0 unspecified atom stereocenters. The van der Waals surface area contributed by atoms with Crippen molar-refractivity contribution in [2.75, 3.05) is 0 Å². The van der Waals surface area contributed by atoms with Crippen molar-refractivity contribution >= 4 is 64.4 Å². The molecule has 0 fully saturated rings. The van der Waals surface area contributed by atoms with Gasteiger partial charge < -0.3 is 0 Å². The number of rotatable bonds is 9. The van der Waals surface area contributed by atoms with Gasteiger partial charge in [-0.2, -0.15) is 0 Å². The van der Waals surface area contributed by atoms with Crippen molar-refractivity contribution in [1.82, 2.24) is 9.56 Å². The molecular weight excluding hydrogens is 499 g/mol. The molecule has 0 bridgehead atoms. The van der Waals surface area contributed by atoms with Gasteiger partial charge in [-0.05, 0) is 0 Å². The summed E-state index contributed by atoms with van der Waals surface area (Å²) in [7, 11) is -8.71. The van der Waals surface area contributed by atoms with E-state index >= 15 is 0 Å². The minimum absolute atomic E-state index is 1.45. The summed E-state index contributed by atoms with van der Waals surface area (Å²) in [6.07, 6.45) is 0. The van der Waals surface area contributed by atoms with E-state index in [1.54, 1.807) is 0 Å². The Balaban J connectivity index is 7.30. The van der Waals surface area contributed by atoms with Crippen LogP contribution in [-0.4, -0.2) is 74.0 Å². The average molecular weight is 554 g/mol. The molecule has 0 heterocycles. The zero-order valence-corrected chi connectivity index (χ0v) is 30.9. The molecule has 0 aromatic carbocycles. The van der Waals surface area contributed by atoms with Crippen LogP contribution in [0.15, 0.2) is 0 Å². The van der Waals surface area contributed by atoms with Crippen molar-refractivity contribution in [3.63, 3.8) is 0 Å². The molecule has 0 spiro atoms. The Morgan fingerprint density at radius 3 is 0.464 bits per heavy atom. The van der Waals surface area contributed by atoms with Crippen LogP contribution in [0.25, 0.3) is 0 Å². The van der Waals surface area contributed by atoms with Crippen LogP contribution >= 0.6 is 0 Å². The van der Waals surface area contributed by atoms with Crippen molar-refractivity contribution < 1.29 is 0 Å². The molecule has 0 aliphatic heterocycles. The Hall–Kier alpha value is 1.72. The summed E-state index contributed by atoms with van der Waals surface area (Å²) in [6.45, 7) is 47.5. The fourth-order valence-electron chi connectivity index (χ4n) is 5.12. The first-order chi connectivity index (χ1) is 11.7. The molecule has 3 nitrogen and oxygen atoms in total. The molecule has 0 aromatic rings. The Labute approximate surface area is 191 Å². The van der Waals surface area contributed by atoms with E-state index < -0.39 is 64.4 Å². The molecule has 1 radical (unpaired) electrons. The first-order valence-corrected chi connectivity index (χ1v) is 34.5. The number of hydrogen-bond acceptors (Lipinski definition) is 3. The maximum absolute atomic E-state index is 3.31. The molecular formula is C18H54GeN3Si6. The quantitative estimate of drug-likeness (QED) is 0.288. The zero-order chi connectivity index (χ0) is 23.3. The van der Waals surface area contributed by atoms with Gasteiger partial charge in [-0.3, -0.25) is 0 Å². The van der Waals surface area contributed by atoms with E-state index in [0.29, 0.717) is 0 Å². The van der Waals surface area contributed by atoms with Gasteiger partial charge in [0, 0.05) is 0 Å². The third-order valence-electron chi connectivity index (χ3n) is 4.62. The van der Waals surface area contributed by atoms with Gasteiger partial charge in [0.15, 0.2) is 0 Å². The molecule has 0 aromatic heterocycles. The summed E-state index contributed by atoms with van der Waals surface area (Å²) < 4.78 is 9.94. The SMILES string of the molecule is C[Si](C)(C)[N]([Ge]([N]([Si](C)(C)C)[Si](C)(C)C)[N]([Si](C)(C)C)[Si](C)(C)C)[Si](C)(C)C. The molecule has 0 rings (SSSR count). The summed E-state index contributed by atoms with van der Waals surface area (Å²) in [5, 5.41) is 0. The van der Waals surface area contributed by atoms with E-state index in [-0.39, 0.29) is 0 Å². The van der Waals surface area contributed by atoms with Gasteiger partial charge in [0.1, 0.15) is 0 Å². The number of nitrogens with zero attached hydrogens (tertiary/aromatic N) is 3. The van der Waals surface area contributed by atoms with E-state index in [1.165, 1.54) is 0 Å². The molecule has 0 N–H and O–H groups in total. The topological polar surface area (TPSA) is 9.72 Å². The fourth-order valence-corrected chi connectivity index (χ4v) is 69.3. The maximum atomic E-state index is 3.31. The van der Waals surface area contributed by atoms with Crippen molar-refractivity contribution in [1.29, 1.82) is 0 Å². The Morgan fingerprint density at radius 2 is 0.393 bits per heavy atom. The first-order valence-electron chi connectivity index (χ1n) is 11.0. The zero-order valence-electron chi connectivity index (χ0n) is 22.8. The van der Waals surface area contributed by atoms with Gasteiger partial charge in [-0.25, -0.2) is 0 Å². The number of hydrogen-bond donors (Lipinski definition) is 0. The molecule has 0 atom stereocenters. The van der Waals surface area contributed by atoms with Crippen molar-refractivity contribution in [3.8, 4) is 0 Å². The summed E-state index contributed by atoms with van der Waals surface area (Å²) in [6, 6.07) is 0. The molecule has 28 heavy (non-hydrogen) atoms. The van der Waals surface area contributed by atoms with Gasteiger partial charge in [0.2, 0.25) is 0 Å². The van der Waals surface area contributed by atoms with E-state index in [4.69, 9.17) is 0 Å². The Bertz CT molecular complexity index is 400.